The minimum Gasteiger partial charge on any atom is -0.303 e. The Bertz CT molecular complexity index is 345. The van der Waals surface area contributed by atoms with Gasteiger partial charge in [-0.15, -0.1) is 0 Å². The van der Waals surface area contributed by atoms with Crippen LogP contribution in [0.15, 0.2) is 18.2 Å². The van der Waals surface area contributed by atoms with E-state index in [4.69, 9.17) is 0 Å². The molecule has 0 aliphatic heterocycles. The van der Waals surface area contributed by atoms with Crippen molar-refractivity contribution in [1.82, 2.24) is 0 Å². The van der Waals surface area contributed by atoms with Crippen LogP contribution in [0.1, 0.15) is 19.4 Å². The van der Waals surface area contributed by atoms with Gasteiger partial charge in [-0.25, -0.2) is 8.78 Å². The lowest BCUT2D eigenvalue weighted by molar-refractivity contribution is -0.114. The zero-order valence-electron chi connectivity index (χ0n) is 8.18. The maximum absolute atomic E-state index is 13.2. The third kappa shape index (κ3) is 2.37. The predicted octanol–water partition coefficient (Wildman–Crippen LogP) is 2.73. The molecule has 0 bridgehead atoms. The molecular formula is C11H12F2O. The molecule has 1 aromatic rings. The van der Waals surface area contributed by atoms with Gasteiger partial charge in [0.05, 0.1) is 0 Å². The highest BCUT2D eigenvalue weighted by Crippen LogP contribution is 2.22. The molecule has 0 heterocycles. The summed E-state index contributed by atoms with van der Waals surface area (Å²) in [6.07, 6.45) is 0.956. The van der Waals surface area contributed by atoms with Crippen LogP contribution in [0, 0.1) is 17.0 Å². The van der Waals surface area contributed by atoms with Crippen molar-refractivity contribution in [3.8, 4) is 0 Å². The van der Waals surface area contributed by atoms with Crippen LogP contribution in [0.5, 0.6) is 0 Å². The van der Waals surface area contributed by atoms with E-state index in [1.165, 1.54) is 12.1 Å². The normalized spacial score (nSPS) is 11.4. The topological polar surface area (TPSA) is 17.1 Å². The predicted molar refractivity (Wildman–Crippen MR) is 49.9 cm³/mol. The van der Waals surface area contributed by atoms with E-state index in [1.54, 1.807) is 13.8 Å². The van der Waals surface area contributed by atoms with E-state index in [-0.39, 0.29) is 12.0 Å². The van der Waals surface area contributed by atoms with Crippen molar-refractivity contribution >= 4 is 6.29 Å². The number of benzene rings is 1. The Balaban J connectivity index is 2.98. The van der Waals surface area contributed by atoms with E-state index in [0.29, 0.717) is 0 Å². The Morgan fingerprint density at radius 2 is 2.00 bits per heavy atom. The molecule has 0 radical (unpaired) electrons. The lowest BCUT2D eigenvalue weighted by Gasteiger charge is -2.16. The van der Waals surface area contributed by atoms with Gasteiger partial charge in [-0.2, -0.15) is 0 Å². The monoisotopic (exact) mass is 198 g/mol. The third-order valence-electron chi connectivity index (χ3n) is 2.00. The standard InChI is InChI=1S/C11H12F2O/c1-11(2,7-14)6-8-4-3-5-9(12)10(8)13/h3-5,7H,6H2,1-2H3. The fourth-order valence-corrected chi connectivity index (χ4v) is 1.22. The smallest absolute Gasteiger partial charge is 0.162 e. The van der Waals surface area contributed by atoms with Gasteiger partial charge in [-0.05, 0) is 18.1 Å². The molecule has 0 N–H and O–H groups in total. The zero-order chi connectivity index (χ0) is 10.8. The van der Waals surface area contributed by atoms with Crippen molar-refractivity contribution < 1.29 is 13.6 Å². The molecule has 76 valence electrons. The Morgan fingerprint density at radius 1 is 1.36 bits per heavy atom. The largest absolute Gasteiger partial charge is 0.303 e. The minimum atomic E-state index is -0.871. The number of carbonyl (C=O) groups is 1. The number of carbonyl (C=O) groups excluding carboxylic acids is 1. The molecule has 3 heteroatoms. The highest BCUT2D eigenvalue weighted by atomic mass is 19.2. The highest BCUT2D eigenvalue weighted by Gasteiger charge is 2.20. The molecule has 0 aliphatic carbocycles. The van der Waals surface area contributed by atoms with Crippen LogP contribution in [-0.2, 0) is 11.2 Å². The van der Waals surface area contributed by atoms with Crippen LogP contribution in [-0.4, -0.2) is 6.29 Å². The molecule has 0 fully saturated rings. The van der Waals surface area contributed by atoms with Crippen molar-refractivity contribution in [3.63, 3.8) is 0 Å². The molecule has 0 spiro atoms. The van der Waals surface area contributed by atoms with E-state index in [0.717, 1.165) is 12.4 Å². The molecule has 0 unspecified atom stereocenters. The molecular weight excluding hydrogens is 186 g/mol. The van der Waals surface area contributed by atoms with E-state index in [1.807, 2.05) is 0 Å². The second kappa shape index (κ2) is 3.86. The van der Waals surface area contributed by atoms with Crippen molar-refractivity contribution in [2.45, 2.75) is 20.3 Å². The molecule has 0 aromatic heterocycles. The molecule has 1 aromatic carbocycles. The first kappa shape index (κ1) is 10.8. The first-order valence-electron chi connectivity index (χ1n) is 4.35. The first-order chi connectivity index (χ1) is 6.46. The summed E-state index contributed by atoms with van der Waals surface area (Å²) in [4.78, 5) is 10.6. The Labute approximate surface area is 81.7 Å². The van der Waals surface area contributed by atoms with Crippen LogP contribution in [0.3, 0.4) is 0 Å². The summed E-state index contributed by atoms with van der Waals surface area (Å²) in [5.74, 6) is -1.73. The molecule has 0 atom stereocenters. The molecule has 0 amide bonds. The highest BCUT2D eigenvalue weighted by molar-refractivity contribution is 5.58. The summed E-state index contributed by atoms with van der Waals surface area (Å²) in [7, 11) is 0. The summed E-state index contributed by atoms with van der Waals surface area (Å²) in [5.41, 5.74) is -0.420. The van der Waals surface area contributed by atoms with Gasteiger partial charge < -0.3 is 4.79 Å². The quantitative estimate of drug-likeness (QED) is 0.682. The third-order valence-corrected chi connectivity index (χ3v) is 2.00. The van der Waals surface area contributed by atoms with Crippen molar-refractivity contribution in [3.05, 3.63) is 35.4 Å². The van der Waals surface area contributed by atoms with Gasteiger partial charge in [-0.1, -0.05) is 26.0 Å². The summed E-state index contributed by atoms with van der Waals surface area (Å²) < 4.78 is 26.0. The second-order valence-corrected chi connectivity index (χ2v) is 4.00. The molecule has 14 heavy (non-hydrogen) atoms. The van der Waals surface area contributed by atoms with E-state index >= 15 is 0 Å². The molecule has 0 saturated heterocycles. The van der Waals surface area contributed by atoms with Gasteiger partial charge in [0.1, 0.15) is 6.29 Å². The van der Waals surface area contributed by atoms with Crippen molar-refractivity contribution in [2.24, 2.45) is 5.41 Å². The van der Waals surface area contributed by atoms with Crippen molar-refractivity contribution in [1.29, 1.82) is 0 Å². The summed E-state index contributed by atoms with van der Waals surface area (Å²) in [5, 5.41) is 0. The average molecular weight is 198 g/mol. The van der Waals surface area contributed by atoms with Crippen LogP contribution in [0.2, 0.25) is 0 Å². The minimum absolute atomic E-state index is 0.208. The fraction of sp³-hybridized carbons (Fsp3) is 0.364. The summed E-state index contributed by atoms with van der Waals surface area (Å²) in [6, 6.07) is 3.99. The van der Waals surface area contributed by atoms with Gasteiger partial charge in [0.25, 0.3) is 0 Å². The summed E-state index contributed by atoms with van der Waals surface area (Å²) in [6.45, 7) is 3.37. The van der Waals surface area contributed by atoms with Gasteiger partial charge in [0, 0.05) is 5.41 Å². The Kier molecular flexibility index (Phi) is 2.99. The fourth-order valence-electron chi connectivity index (χ4n) is 1.22. The summed E-state index contributed by atoms with van der Waals surface area (Å²) >= 11 is 0. The SMILES string of the molecule is CC(C)(C=O)Cc1cccc(F)c1F. The maximum atomic E-state index is 13.2. The van der Waals surface area contributed by atoms with Gasteiger partial charge >= 0.3 is 0 Å². The van der Waals surface area contributed by atoms with Crippen LogP contribution in [0.25, 0.3) is 0 Å². The Morgan fingerprint density at radius 3 is 2.57 bits per heavy atom. The van der Waals surface area contributed by atoms with E-state index in [2.05, 4.69) is 0 Å². The zero-order valence-corrected chi connectivity index (χ0v) is 8.18. The van der Waals surface area contributed by atoms with Crippen molar-refractivity contribution in [2.75, 3.05) is 0 Å². The van der Waals surface area contributed by atoms with Crippen LogP contribution >= 0.6 is 0 Å². The van der Waals surface area contributed by atoms with Crippen LogP contribution < -0.4 is 0 Å². The van der Waals surface area contributed by atoms with Gasteiger partial charge in [0.15, 0.2) is 11.6 Å². The number of halogens is 2. The molecule has 0 aliphatic rings. The van der Waals surface area contributed by atoms with Gasteiger partial charge in [0.2, 0.25) is 0 Å². The van der Waals surface area contributed by atoms with E-state index in [9.17, 15) is 13.6 Å². The van der Waals surface area contributed by atoms with Crippen LogP contribution in [0.4, 0.5) is 8.78 Å². The molecule has 1 nitrogen and oxygen atoms in total. The van der Waals surface area contributed by atoms with E-state index < -0.39 is 17.0 Å². The molecule has 0 saturated carbocycles. The number of rotatable bonds is 3. The number of hydrogen-bond donors (Lipinski definition) is 0. The lowest BCUT2D eigenvalue weighted by Crippen LogP contribution is -2.17. The second-order valence-electron chi connectivity index (χ2n) is 4.00. The molecule has 1 rings (SSSR count). The number of hydrogen-bond acceptors (Lipinski definition) is 1. The average Bonchev–Trinajstić information content (AvgIpc) is 2.13. The maximum Gasteiger partial charge on any atom is 0.162 e. The lowest BCUT2D eigenvalue weighted by atomic mass is 9.87. The first-order valence-corrected chi connectivity index (χ1v) is 4.35. The number of aldehydes is 1. The Hall–Kier alpha value is -1.25. The van der Waals surface area contributed by atoms with Gasteiger partial charge in [-0.3, -0.25) is 0 Å².